The number of primary amides is 1. The van der Waals surface area contributed by atoms with E-state index in [9.17, 15) is 9.59 Å². The lowest BCUT2D eigenvalue weighted by Crippen LogP contribution is -2.20. The van der Waals surface area contributed by atoms with E-state index in [0.29, 0.717) is 10.9 Å². The van der Waals surface area contributed by atoms with Gasteiger partial charge in [-0.15, -0.1) is 0 Å². The van der Waals surface area contributed by atoms with Crippen molar-refractivity contribution in [3.8, 4) is 5.75 Å². The fourth-order valence-corrected chi connectivity index (χ4v) is 2.10. The molecule has 24 heavy (non-hydrogen) atoms. The Morgan fingerprint density at radius 3 is 2.62 bits per heavy atom. The Morgan fingerprint density at radius 2 is 1.96 bits per heavy atom. The summed E-state index contributed by atoms with van der Waals surface area (Å²) in [6, 6.07) is 8.53. The molecule has 0 saturated heterocycles. The van der Waals surface area contributed by atoms with Gasteiger partial charge in [0.05, 0.1) is 12.0 Å². The number of hydrazone groups is 1. The first kappa shape index (κ1) is 17.4. The quantitative estimate of drug-likeness (QED) is 0.313. The number of nitrogens with one attached hydrogen (secondary N) is 1. The molecule has 1 aromatic heterocycles. The van der Waals surface area contributed by atoms with Crippen LogP contribution in [0.15, 0.2) is 53.0 Å². The van der Waals surface area contributed by atoms with E-state index in [0.717, 1.165) is 5.56 Å². The first-order valence-corrected chi connectivity index (χ1v) is 7.85. The van der Waals surface area contributed by atoms with Gasteiger partial charge in [0.15, 0.2) is 11.8 Å². The molecule has 0 aliphatic carbocycles. The third-order valence-corrected chi connectivity index (χ3v) is 3.41. The summed E-state index contributed by atoms with van der Waals surface area (Å²) in [6.45, 7) is -0.174. The Bertz CT molecular complexity index is 707. The molecule has 2 rings (SSSR count). The van der Waals surface area contributed by atoms with Crippen LogP contribution >= 0.6 is 11.8 Å². The molecule has 124 valence electrons. The highest BCUT2D eigenvalue weighted by Crippen LogP contribution is 2.11. The van der Waals surface area contributed by atoms with Crippen molar-refractivity contribution in [2.24, 2.45) is 10.8 Å². The predicted molar refractivity (Wildman–Crippen MR) is 89.6 cm³/mol. The summed E-state index contributed by atoms with van der Waals surface area (Å²) in [7, 11) is 0. The summed E-state index contributed by atoms with van der Waals surface area (Å²) in [6.07, 6.45) is 4.73. The number of hydrogen-bond donors (Lipinski definition) is 2. The zero-order valence-electron chi connectivity index (χ0n) is 12.6. The van der Waals surface area contributed by atoms with Crippen molar-refractivity contribution in [2.75, 3.05) is 12.4 Å². The van der Waals surface area contributed by atoms with E-state index in [2.05, 4.69) is 20.5 Å². The number of thioether (sulfide) groups is 1. The summed E-state index contributed by atoms with van der Waals surface area (Å²) in [5, 5.41) is 4.39. The number of carbonyl (C=O) groups excluding carboxylic acids is 2. The minimum absolute atomic E-state index is 0.168. The molecular weight excluding hydrogens is 330 g/mol. The monoisotopic (exact) mass is 345 g/mol. The van der Waals surface area contributed by atoms with Gasteiger partial charge in [-0.05, 0) is 35.9 Å². The normalized spacial score (nSPS) is 10.5. The fourth-order valence-electron chi connectivity index (χ4n) is 1.51. The van der Waals surface area contributed by atoms with Gasteiger partial charge >= 0.3 is 0 Å². The van der Waals surface area contributed by atoms with E-state index in [1.165, 1.54) is 18.0 Å². The van der Waals surface area contributed by atoms with Crippen molar-refractivity contribution in [1.29, 1.82) is 0 Å². The minimum Gasteiger partial charge on any atom is -0.484 e. The van der Waals surface area contributed by atoms with Crippen LogP contribution < -0.4 is 15.9 Å². The molecule has 1 aromatic carbocycles. The Labute approximate surface area is 142 Å². The molecule has 0 aliphatic rings. The van der Waals surface area contributed by atoms with Gasteiger partial charge in [-0.3, -0.25) is 9.59 Å². The maximum absolute atomic E-state index is 11.6. The molecule has 0 bridgehead atoms. The number of nitrogens with two attached hydrogens (primary N) is 1. The van der Waals surface area contributed by atoms with Crippen LogP contribution in [0.5, 0.6) is 5.75 Å². The Kier molecular flexibility index (Phi) is 6.72. The molecule has 2 aromatic rings. The molecule has 0 saturated carbocycles. The van der Waals surface area contributed by atoms with Gasteiger partial charge < -0.3 is 10.5 Å². The van der Waals surface area contributed by atoms with Crippen LogP contribution in [0, 0.1) is 0 Å². The fraction of sp³-hybridized carbons (Fsp3) is 0.133. The molecule has 0 aliphatic heterocycles. The second-order valence-corrected chi connectivity index (χ2v) is 5.38. The number of hydrogen-bond acceptors (Lipinski definition) is 7. The molecule has 0 atom stereocenters. The van der Waals surface area contributed by atoms with Gasteiger partial charge in [0, 0.05) is 12.4 Å². The van der Waals surface area contributed by atoms with E-state index in [1.54, 1.807) is 42.7 Å². The van der Waals surface area contributed by atoms with Crippen molar-refractivity contribution in [3.63, 3.8) is 0 Å². The van der Waals surface area contributed by atoms with Gasteiger partial charge in [0.25, 0.3) is 11.8 Å². The first-order chi connectivity index (χ1) is 11.6. The Balaban J connectivity index is 1.74. The van der Waals surface area contributed by atoms with Gasteiger partial charge in [0.2, 0.25) is 0 Å². The van der Waals surface area contributed by atoms with Crippen LogP contribution in [0.3, 0.4) is 0 Å². The number of ether oxygens (including phenoxy) is 1. The van der Waals surface area contributed by atoms with Crippen LogP contribution in [-0.2, 0) is 9.59 Å². The smallest absolute Gasteiger partial charge is 0.255 e. The molecule has 3 N–H and O–H groups in total. The molecule has 1 heterocycles. The van der Waals surface area contributed by atoms with Crippen LogP contribution in [0.25, 0.3) is 0 Å². The molecule has 9 heteroatoms. The maximum atomic E-state index is 11.6. The molecule has 0 spiro atoms. The van der Waals surface area contributed by atoms with Crippen LogP contribution in [-0.4, -0.2) is 40.4 Å². The van der Waals surface area contributed by atoms with E-state index < -0.39 is 5.91 Å². The maximum Gasteiger partial charge on any atom is 0.255 e. The number of benzene rings is 1. The molecule has 8 nitrogen and oxygen atoms in total. The second-order valence-electron chi connectivity index (χ2n) is 4.44. The van der Waals surface area contributed by atoms with Gasteiger partial charge in [-0.1, -0.05) is 11.8 Å². The van der Waals surface area contributed by atoms with E-state index >= 15 is 0 Å². The second kappa shape index (κ2) is 9.26. The summed E-state index contributed by atoms with van der Waals surface area (Å²) in [4.78, 5) is 30.3. The average molecular weight is 345 g/mol. The minimum atomic E-state index is -0.540. The summed E-state index contributed by atoms with van der Waals surface area (Å²) < 4.78 is 5.14. The van der Waals surface area contributed by atoms with Crippen molar-refractivity contribution < 1.29 is 14.3 Å². The van der Waals surface area contributed by atoms with Gasteiger partial charge in [0.1, 0.15) is 5.75 Å². The molecule has 0 fully saturated rings. The highest BCUT2D eigenvalue weighted by atomic mass is 32.2. The largest absolute Gasteiger partial charge is 0.484 e. The average Bonchev–Trinajstić information content (AvgIpc) is 2.60. The third kappa shape index (κ3) is 6.44. The Hall–Kier alpha value is -2.94. The highest BCUT2D eigenvalue weighted by Gasteiger charge is 2.03. The van der Waals surface area contributed by atoms with E-state index in [4.69, 9.17) is 10.5 Å². The van der Waals surface area contributed by atoms with Gasteiger partial charge in [-0.25, -0.2) is 15.4 Å². The predicted octanol–water partition coefficient (Wildman–Crippen LogP) is 0.583. The summed E-state index contributed by atoms with van der Waals surface area (Å²) >= 11 is 1.22. The number of amides is 2. The third-order valence-electron chi connectivity index (χ3n) is 2.54. The number of carbonyl (C=O) groups is 2. The standard InChI is InChI=1S/C15H15N5O3S/c16-13(21)9-23-12-4-2-11(3-5-12)8-19-20-14(22)10-24-15-17-6-1-7-18-15/h1-8H,9-10H2,(H2,16,21)(H,20,22)/b19-8-. The molecule has 0 unspecified atom stereocenters. The van der Waals surface area contributed by atoms with E-state index in [1.807, 2.05) is 0 Å². The topological polar surface area (TPSA) is 120 Å². The lowest BCUT2D eigenvalue weighted by atomic mass is 10.2. The van der Waals surface area contributed by atoms with Gasteiger partial charge in [-0.2, -0.15) is 5.10 Å². The van der Waals surface area contributed by atoms with Crippen LogP contribution in [0.1, 0.15) is 5.56 Å². The molecule has 0 radical (unpaired) electrons. The first-order valence-electron chi connectivity index (χ1n) is 6.86. The lowest BCUT2D eigenvalue weighted by molar-refractivity contribution is -0.120. The van der Waals surface area contributed by atoms with Crippen molar-refractivity contribution in [2.45, 2.75) is 5.16 Å². The zero-order chi connectivity index (χ0) is 17.2. The van der Waals surface area contributed by atoms with Crippen molar-refractivity contribution in [3.05, 3.63) is 48.3 Å². The zero-order valence-corrected chi connectivity index (χ0v) is 13.4. The molecular formula is C15H15N5O3S. The van der Waals surface area contributed by atoms with Crippen molar-refractivity contribution in [1.82, 2.24) is 15.4 Å². The number of nitrogens with zero attached hydrogens (tertiary/aromatic N) is 3. The number of rotatable bonds is 8. The summed E-state index contributed by atoms with van der Waals surface area (Å²) in [5.74, 6) is -0.108. The lowest BCUT2D eigenvalue weighted by Gasteiger charge is -2.03. The van der Waals surface area contributed by atoms with Crippen LogP contribution in [0.2, 0.25) is 0 Å². The highest BCUT2D eigenvalue weighted by molar-refractivity contribution is 7.99. The summed E-state index contributed by atoms with van der Waals surface area (Å²) in [5.41, 5.74) is 8.17. The SMILES string of the molecule is NC(=O)COc1ccc(/C=N\NC(=O)CSc2ncccn2)cc1. The van der Waals surface area contributed by atoms with E-state index in [-0.39, 0.29) is 18.3 Å². The van der Waals surface area contributed by atoms with Crippen molar-refractivity contribution >= 4 is 29.8 Å². The molecule has 2 amide bonds. The van der Waals surface area contributed by atoms with Crippen LogP contribution in [0.4, 0.5) is 0 Å². The number of aromatic nitrogens is 2. The Morgan fingerprint density at radius 1 is 1.25 bits per heavy atom.